The maximum absolute atomic E-state index is 13.3. The zero-order chi connectivity index (χ0) is 21.2. The number of hydrogen-bond donors (Lipinski definition) is 1. The Bertz CT molecular complexity index is 1180. The number of phenolic OH excluding ortho intramolecular Hbond substituents is 1. The zero-order valence-electron chi connectivity index (χ0n) is 17.2. The number of hydrogen-bond acceptors (Lipinski definition) is 4. The minimum Gasteiger partial charge on any atom is -0.507 e. The Labute approximate surface area is 181 Å². The molecule has 1 unspecified atom stereocenters. The van der Waals surface area contributed by atoms with Gasteiger partial charge in [0.15, 0.2) is 11.5 Å². The van der Waals surface area contributed by atoms with Crippen molar-refractivity contribution in [1.82, 2.24) is 9.88 Å². The highest BCUT2D eigenvalue weighted by molar-refractivity contribution is 5.97. The Kier molecular flexibility index (Phi) is 5.16. The van der Waals surface area contributed by atoms with Gasteiger partial charge in [0.2, 0.25) is 0 Å². The molecule has 0 saturated carbocycles. The molecule has 2 heterocycles. The summed E-state index contributed by atoms with van der Waals surface area (Å²) in [5, 5.41) is 10.4. The first-order chi connectivity index (χ1) is 15.2. The number of phenols is 1. The van der Waals surface area contributed by atoms with Crippen LogP contribution in [0.25, 0.3) is 11.1 Å². The standard InChI is InChI=1S/C26H24N2O3/c29-23-13-12-19(15-18-7-2-1-3-8-18)16-21(23)26(30)28-14-6-9-20(17-28)25-27-22-10-4-5-11-24(22)31-25/h1-5,7-8,10-13,16,20,29H,6,9,14-15,17H2. The first kappa shape index (κ1) is 19.4. The van der Waals surface area contributed by atoms with E-state index in [9.17, 15) is 9.90 Å². The number of aromatic nitrogens is 1. The third-order valence-corrected chi connectivity index (χ3v) is 5.91. The van der Waals surface area contributed by atoms with E-state index >= 15 is 0 Å². The summed E-state index contributed by atoms with van der Waals surface area (Å²) in [7, 11) is 0. The Morgan fingerprint density at radius 1 is 1.03 bits per heavy atom. The van der Waals surface area contributed by atoms with Gasteiger partial charge in [0.25, 0.3) is 5.91 Å². The largest absolute Gasteiger partial charge is 0.507 e. The maximum Gasteiger partial charge on any atom is 0.257 e. The molecule has 0 spiro atoms. The predicted octanol–water partition coefficient (Wildman–Crippen LogP) is 5.14. The minimum absolute atomic E-state index is 0.0193. The van der Waals surface area contributed by atoms with Gasteiger partial charge in [-0.25, -0.2) is 4.98 Å². The number of likely N-dealkylation sites (tertiary alicyclic amines) is 1. The van der Waals surface area contributed by atoms with Gasteiger partial charge >= 0.3 is 0 Å². The molecule has 0 aliphatic carbocycles. The predicted molar refractivity (Wildman–Crippen MR) is 119 cm³/mol. The number of para-hydroxylation sites is 2. The van der Waals surface area contributed by atoms with Crippen LogP contribution in [0, 0.1) is 0 Å². The lowest BCUT2D eigenvalue weighted by atomic mass is 9.96. The monoisotopic (exact) mass is 412 g/mol. The van der Waals surface area contributed by atoms with E-state index in [1.54, 1.807) is 6.07 Å². The van der Waals surface area contributed by atoms with Crippen molar-refractivity contribution in [2.45, 2.75) is 25.2 Å². The van der Waals surface area contributed by atoms with E-state index in [4.69, 9.17) is 4.42 Å². The van der Waals surface area contributed by atoms with E-state index < -0.39 is 0 Å². The molecule has 1 aliphatic heterocycles. The number of piperidine rings is 1. The van der Waals surface area contributed by atoms with Crippen LogP contribution in [0.15, 0.2) is 77.2 Å². The highest BCUT2D eigenvalue weighted by atomic mass is 16.3. The molecule has 31 heavy (non-hydrogen) atoms. The Morgan fingerprint density at radius 2 is 1.84 bits per heavy atom. The van der Waals surface area contributed by atoms with E-state index in [0.717, 1.165) is 29.5 Å². The molecule has 5 rings (SSSR count). The molecule has 1 aromatic heterocycles. The quantitative estimate of drug-likeness (QED) is 0.504. The summed E-state index contributed by atoms with van der Waals surface area (Å²) in [6, 6.07) is 23.1. The molecular formula is C26H24N2O3. The molecule has 5 heteroatoms. The van der Waals surface area contributed by atoms with E-state index in [2.05, 4.69) is 17.1 Å². The third kappa shape index (κ3) is 4.04. The highest BCUT2D eigenvalue weighted by Gasteiger charge is 2.29. The summed E-state index contributed by atoms with van der Waals surface area (Å²) in [6.07, 6.45) is 2.52. The van der Waals surface area contributed by atoms with Crippen LogP contribution in [0.5, 0.6) is 5.75 Å². The molecule has 1 atom stereocenters. The normalized spacial score (nSPS) is 16.5. The molecule has 0 bridgehead atoms. The molecule has 5 nitrogen and oxygen atoms in total. The van der Waals surface area contributed by atoms with Gasteiger partial charge in [-0.15, -0.1) is 0 Å². The molecule has 1 aliphatic rings. The lowest BCUT2D eigenvalue weighted by Crippen LogP contribution is -2.39. The van der Waals surface area contributed by atoms with Gasteiger partial charge in [-0.3, -0.25) is 4.79 Å². The van der Waals surface area contributed by atoms with Gasteiger partial charge in [0.1, 0.15) is 11.3 Å². The van der Waals surface area contributed by atoms with Gasteiger partial charge < -0.3 is 14.4 Å². The van der Waals surface area contributed by atoms with Crippen LogP contribution in [0.1, 0.15) is 46.1 Å². The van der Waals surface area contributed by atoms with E-state index in [0.29, 0.717) is 31.0 Å². The fourth-order valence-electron chi connectivity index (χ4n) is 4.29. The van der Waals surface area contributed by atoms with Crippen LogP contribution in [0.4, 0.5) is 0 Å². The molecule has 4 aromatic rings. The number of oxazole rings is 1. The van der Waals surface area contributed by atoms with Crippen LogP contribution < -0.4 is 0 Å². The summed E-state index contributed by atoms with van der Waals surface area (Å²) in [5.74, 6) is 0.611. The Balaban J connectivity index is 1.36. The van der Waals surface area contributed by atoms with Crippen molar-refractivity contribution in [1.29, 1.82) is 0 Å². The lowest BCUT2D eigenvalue weighted by molar-refractivity contribution is 0.0696. The average Bonchev–Trinajstić information content (AvgIpc) is 3.25. The number of rotatable bonds is 4. The maximum atomic E-state index is 13.3. The topological polar surface area (TPSA) is 66.6 Å². The summed E-state index contributed by atoms with van der Waals surface area (Å²) in [6.45, 7) is 1.20. The first-order valence-electron chi connectivity index (χ1n) is 10.7. The number of carbonyl (C=O) groups excluding carboxylic acids is 1. The molecule has 3 aromatic carbocycles. The molecule has 1 saturated heterocycles. The second-order valence-electron chi connectivity index (χ2n) is 8.12. The summed E-state index contributed by atoms with van der Waals surface area (Å²) >= 11 is 0. The summed E-state index contributed by atoms with van der Waals surface area (Å²) < 4.78 is 5.95. The van der Waals surface area contributed by atoms with Gasteiger partial charge in [0, 0.05) is 13.1 Å². The molecular weight excluding hydrogens is 388 g/mol. The molecule has 1 fully saturated rings. The van der Waals surface area contributed by atoms with Gasteiger partial charge in [-0.05, 0) is 54.7 Å². The number of carbonyl (C=O) groups is 1. The number of nitrogens with zero attached hydrogens (tertiary/aromatic N) is 2. The molecule has 1 N–H and O–H groups in total. The van der Waals surface area contributed by atoms with Gasteiger partial charge in [0.05, 0.1) is 11.5 Å². The fourth-order valence-corrected chi connectivity index (χ4v) is 4.29. The second-order valence-corrected chi connectivity index (χ2v) is 8.12. The van der Waals surface area contributed by atoms with Gasteiger partial charge in [-0.2, -0.15) is 0 Å². The second kappa shape index (κ2) is 8.26. The van der Waals surface area contributed by atoms with Crippen LogP contribution in [-0.2, 0) is 6.42 Å². The lowest BCUT2D eigenvalue weighted by Gasteiger charge is -2.31. The molecule has 0 radical (unpaired) electrons. The SMILES string of the molecule is O=C(c1cc(Cc2ccccc2)ccc1O)N1CCCC(c2nc3ccccc3o2)C1. The number of benzene rings is 3. The van der Waals surface area contributed by atoms with E-state index in [1.807, 2.05) is 59.5 Å². The summed E-state index contributed by atoms with van der Waals surface area (Å²) in [4.78, 5) is 19.7. The molecule has 156 valence electrons. The van der Waals surface area contributed by atoms with E-state index in [-0.39, 0.29) is 17.6 Å². The van der Waals surface area contributed by atoms with Crippen LogP contribution in [0.2, 0.25) is 0 Å². The van der Waals surface area contributed by atoms with Crippen LogP contribution in [0.3, 0.4) is 0 Å². The average molecular weight is 412 g/mol. The van der Waals surface area contributed by atoms with Crippen molar-refractivity contribution in [3.8, 4) is 5.75 Å². The number of aromatic hydroxyl groups is 1. The van der Waals surface area contributed by atoms with Crippen LogP contribution >= 0.6 is 0 Å². The van der Waals surface area contributed by atoms with Crippen molar-refractivity contribution >= 4 is 17.0 Å². The highest BCUT2D eigenvalue weighted by Crippen LogP contribution is 2.31. The Morgan fingerprint density at radius 3 is 2.68 bits per heavy atom. The fraction of sp³-hybridized carbons (Fsp3) is 0.231. The Hall–Kier alpha value is -3.60. The first-order valence-corrected chi connectivity index (χ1v) is 10.7. The number of fused-ring (bicyclic) bond motifs is 1. The van der Waals surface area contributed by atoms with Crippen molar-refractivity contribution in [3.63, 3.8) is 0 Å². The van der Waals surface area contributed by atoms with Crippen molar-refractivity contribution in [2.24, 2.45) is 0 Å². The zero-order valence-corrected chi connectivity index (χ0v) is 17.2. The van der Waals surface area contributed by atoms with E-state index in [1.165, 1.54) is 5.56 Å². The number of amides is 1. The van der Waals surface area contributed by atoms with Crippen LogP contribution in [-0.4, -0.2) is 34.0 Å². The molecule has 1 amide bonds. The smallest absolute Gasteiger partial charge is 0.257 e. The van der Waals surface area contributed by atoms with Crippen molar-refractivity contribution in [2.75, 3.05) is 13.1 Å². The summed E-state index contributed by atoms with van der Waals surface area (Å²) in [5.41, 5.74) is 4.13. The minimum atomic E-state index is -0.145. The van der Waals surface area contributed by atoms with Crippen molar-refractivity contribution < 1.29 is 14.3 Å². The van der Waals surface area contributed by atoms with Gasteiger partial charge in [-0.1, -0.05) is 48.5 Å². The van der Waals surface area contributed by atoms with Crippen molar-refractivity contribution in [3.05, 3.63) is 95.4 Å². The third-order valence-electron chi connectivity index (χ3n) is 5.91.